The Morgan fingerprint density at radius 3 is 2.36 bits per heavy atom. The number of nitrogens with one attached hydrogen (secondary N) is 2. The van der Waals surface area contributed by atoms with Gasteiger partial charge in [-0.25, -0.2) is 4.68 Å². The van der Waals surface area contributed by atoms with Gasteiger partial charge in [0.1, 0.15) is 12.2 Å². The molecular weight excluding hydrogens is 461 g/mol. The average molecular weight is 479 g/mol. The van der Waals surface area contributed by atoms with E-state index in [2.05, 4.69) is 15.7 Å². The quantitative estimate of drug-likeness (QED) is 0.543. The number of benzene rings is 2. The molecule has 0 saturated carbocycles. The Hall–Kier alpha value is -3.66. The predicted octanol–water partition coefficient (Wildman–Crippen LogP) is 4.57. The number of rotatable bonds is 6. The number of amides is 2. The maximum atomic E-state index is 12.9. The van der Waals surface area contributed by atoms with Crippen LogP contribution in [0.4, 0.5) is 24.5 Å². The number of anilines is 2. The predicted molar refractivity (Wildman–Crippen MR) is 118 cm³/mol. The molecule has 2 N–H and O–H groups in total. The molecule has 0 fully saturated rings. The van der Waals surface area contributed by atoms with Gasteiger partial charge in [0.15, 0.2) is 0 Å². The van der Waals surface area contributed by atoms with Gasteiger partial charge in [-0.1, -0.05) is 36.7 Å². The maximum absolute atomic E-state index is 12.9. The van der Waals surface area contributed by atoms with Gasteiger partial charge in [-0.15, -0.1) is 0 Å². The molecule has 1 aromatic heterocycles. The summed E-state index contributed by atoms with van der Waals surface area (Å²) in [5, 5.41) is 9.45. The second-order valence-corrected chi connectivity index (χ2v) is 7.38. The SMILES string of the molecule is CCC(=O)Nc1cc(-c2ccc(Cl)cc2)nn(CC(=O)Nc2cccc(C(F)(F)F)c2)c1=O. The molecule has 172 valence electrons. The minimum atomic E-state index is -4.57. The molecule has 33 heavy (non-hydrogen) atoms. The maximum Gasteiger partial charge on any atom is 0.416 e. The largest absolute Gasteiger partial charge is 0.416 e. The molecule has 0 radical (unpaired) electrons. The summed E-state index contributed by atoms with van der Waals surface area (Å²) in [5.74, 6) is -1.19. The Kier molecular flexibility index (Phi) is 7.17. The van der Waals surface area contributed by atoms with Crippen molar-refractivity contribution in [2.24, 2.45) is 0 Å². The second kappa shape index (κ2) is 9.86. The third-order valence-electron chi connectivity index (χ3n) is 4.48. The second-order valence-electron chi connectivity index (χ2n) is 6.94. The van der Waals surface area contributed by atoms with Crippen LogP contribution in [0.25, 0.3) is 11.3 Å². The van der Waals surface area contributed by atoms with Crippen LogP contribution in [0.5, 0.6) is 0 Å². The van der Waals surface area contributed by atoms with Gasteiger partial charge in [0, 0.05) is 22.7 Å². The van der Waals surface area contributed by atoms with E-state index in [1.54, 1.807) is 31.2 Å². The molecule has 11 heteroatoms. The summed E-state index contributed by atoms with van der Waals surface area (Å²) in [6.07, 6.45) is -4.45. The normalized spacial score (nSPS) is 11.2. The monoisotopic (exact) mass is 478 g/mol. The van der Waals surface area contributed by atoms with Crippen molar-refractivity contribution < 1.29 is 22.8 Å². The highest BCUT2D eigenvalue weighted by Crippen LogP contribution is 2.30. The third kappa shape index (κ3) is 6.19. The van der Waals surface area contributed by atoms with Crippen LogP contribution in [0.1, 0.15) is 18.9 Å². The van der Waals surface area contributed by atoms with Crippen LogP contribution in [-0.4, -0.2) is 21.6 Å². The summed E-state index contributed by atoms with van der Waals surface area (Å²) in [5.41, 5.74) is -0.994. The van der Waals surface area contributed by atoms with Gasteiger partial charge in [-0.05, 0) is 36.4 Å². The van der Waals surface area contributed by atoms with Crippen LogP contribution >= 0.6 is 11.6 Å². The van der Waals surface area contributed by atoms with Crippen molar-refractivity contribution in [2.45, 2.75) is 26.1 Å². The van der Waals surface area contributed by atoms with E-state index in [-0.39, 0.29) is 23.5 Å². The first kappa shape index (κ1) is 24.0. The first-order valence-electron chi connectivity index (χ1n) is 9.72. The van der Waals surface area contributed by atoms with Crippen molar-refractivity contribution >= 4 is 34.8 Å². The lowest BCUT2D eigenvalue weighted by atomic mass is 10.1. The highest BCUT2D eigenvalue weighted by molar-refractivity contribution is 6.30. The van der Waals surface area contributed by atoms with E-state index in [4.69, 9.17) is 11.6 Å². The Bertz CT molecular complexity index is 1240. The van der Waals surface area contributed by atoms with Crippen molar-refractivity contribution in [1.29, 1.82) is 0 Å². The molecule has 0 atom stereocenters. The first-order chi connectivity index (χ1) is 15.6. The average Bonchev–Trinajstić information content (AvgIpc) is 2.76. The summed E-state index contributed by atoms with van der Waals surface area (Å²) in [7, 11) is 0. The van der Waals surface area contributed by atoms with E-state index < -0.39 is 35.7 Å². The molecule has 1 heterocycles. The van der Waals surface area contributed by atoms with Gasteiger partial charge in [0.25, 0.3) is 5.56 Å². The number of aromatic nitrogens is 2. The topological polar surface area (TPSA) is 93.1 Å². The standard InChI is InChI=1S/C22H18ClF3N4O3/c1-2-19(31)28-18-11-17(13-6-8-15(23)9-7-13)29-30(21(18)33)12-20(32)27-16-5-3-4-14(10-16)22(24,25)26/h3-11H,2,12H2,1H3,(H,27,32)(H,28,31). The van der Waals surface area contributed by atoms with Crippen LogP contribution in [0.15, 0.2) is 59.4 Å². The lowest BCUT2D eigenvalue weighted by Gasteiger charge is -2.13. The summed E-state index contributed by atoms with van der Waals surface area (Å²) >= 11 is 5.90. The van der Waals surface area contributed by atoms with Crippen molar-refractivity contribution in [3.05, 3.63) is 75.5 Å². The number of alkyl halides is 3. The summed E-state index contributed by atoms with van der Waals surface area (Å²) in [6, 6.07) is 12.0. The fourth-order valence-electron chi connectivity index (χ4n) is 2.85. The highest BCUT2D eigenvalue weighted by atomic mass is 35.5. The van der Waals surface area contributed by atoms with Gasteiger partial charge in [-0.3, -0.25) is 14.4 Å². The lowest BCUT2D eigenvalue weighted by molar-refractivity contribution is -0.137. The van der Waals surface area contributed by atoms with Crippen LogP contribution in [0.3, 0.4) is 0 Å². The zero-order valence-corrected chi connectivity index (χ0v) is 18.0. The Labute approximate surface area is 191 Å². The molecule has 0 aliphatic carbocycles. The number of hydrogen-bond acceptors (Lipinski definition) is 4. The Morgan fingerprint density at radius 1 is 1.03 bits per heavy atom. The van der Waals surface area contributed by atoms with Gasteiger partial charge >= 0.3 is 6.18 Å². The molecule has 7 nitrogen and oxygen atoms in total. The number of hydrogen-bond donors (Lipinski definition) is 2. The van der Waals surface area contributed by atoms with E-state index in [1.165, 1.54) is 12.1 Å². The highest BCUT2D eigenvalue weighted by Gasteiger charge is 2.30. The zero-order valence-electron chi connectivity index (χ0n) is 17.2. The Balaban J connectivity index is 1.92. The van der Waals surface area contributed by atoms with Crippen molar-refractivity contribution in [2.75, 3.05) is 10.6 Å². The molecule has 3 rings (SSSR count). The van der Waals surface area contributed by atoms with Crippen LogP contribution in [-0.2, 0) is 22.3 Å². The number of nitrogens with zero attached hydrogens (tertiary/aromatic N) is 2. The molecule has 0 aliphatic rings. The Morgan fingerprint density at radius 2 is 1.73 bits per heavy atom. The van der Waals surface area contributed by atoms with Crippen LogP contribution in [0, 0.1) is 0 Å². The van der Waals surface area contributed by atoms with Crippen molar-refractivity contribution in [3.8, 4) is 11.3 Å². The summed E-state index contributed by atoms with van der Waals surface area (Å²) in [4.78, 5) is 37.1. The first-order valence-corrected chi connectivity index (χ1v) is 10.1. The van der Waals surface area contributed by atoms with Crippen LogP contribution in [0.2, 0.25) is 5.02 Å². The lowest BCUT2D eigenvalue weighted by Crippen LogP contribution is -2.32. The molecule has 0 aliphatic heterocycles. The number of carbonyl (C=O) groups excluding carboxylic acids is 2. The summed E-state index contributed by atoms with van der Waals surface area (Å²) < 4.78 is 39.5. The number of carbonyl (C=O) groups is 2. The molecule has 0 bridgehead atoms. The molecule has 3 aromatic rings. The molecule has 2 amide bonds. The van der Waals surface area contributed by atoms with Gasteiger partial charge in [0.2, 0.25) is 11.8 Å². The molecule has 0 spiro atoms. The van der Waals surface area contributed by atoms with E-state index in [0.29, 0.717) is 10.6 Å². The van der Waals surface area contributed by atoms with Gasteiger partial charge < -0.3 is 10.6 Å². The summed E-state index contributed by atoms with van der Waals surface area (Å²) in [6.45, 7) is 1.02. The van der Waals surface area contributed by atoms with E-state index >= 15 is 0 Å². The van der Waals surface area contributed by atoms with Crippen molar-refractivity contribution in [3.63, 3.8) is 0 Å². The zero-order chi connectivity index (χ0) is 24.2. The smallest absolute Gasteiger partial charge is 0.324 e. The van der Waals surface area contributed by atoms with E-state index in [9.17, 15) is 27.6 Å². The molecule has 0 unspecified atom stereocenters. The fourth-order valence-corrected chi connectivity index (χ4v) is 2.97. The van der Waals surface area contributed by atoms with Crippen molar-refractivity contribution in [1.82, 2.24) is 9.78 Å². The van der Waals surface area contributed by atoms with E-state index in [1.807, 2.05) is 0 Å². The molecule has 2 aromatic carbocycles. The molecule has 0 saturated heterocycles. The van der Waals surface area contributed by atoms with Gasteiger partial charge in [0.05, 0.1) is 11.3 Å². The minimum Gasteiger partial charge on any atom is -0.324 e. The number of halogens is 4. The van der Waals surface area contributed by atoms with Crippen LogP contribution < -0.4 is 16.2 Å². The van der Waals surface area contributed by atoms with E-state index in [0.717, 1.165) is 22.9 Å². The minimum absolute atomic E-state index is 0.0868. The molecular formula is C22H18ClF3N4O3. The third-order valence-corrected chi connectivity index (χ3v) is 4.73. The fraction of sp³-hybridized carbons (Fsp3) is 0.182. The van der Waals surface area contributed by atoms with Gasteiger partial charge in [-0.2, -0.15) is 18.3 Å².